The van der Waals surface area contributed by atoms with Crippen LogP contribution >= 0.6 is 27.3 Å². The normalized spacial score (nSPS) is 11.6. The number of halogens is 1. The van der Waals surface area contributed by atoms with Crippen LogP contribution in [0, 0.1) is 6.92 Å². The first-order valence-electron chi connectivity index (χ1n) is 6.01. The molecule has 0 aliphatic rings. The fourth-order valence-corrected chi connectivity index (χ4v) is 3.15. The van der Waals surface area contributed by atoms with Crippen molar-refractivity contribution < 1.29 is 0 Å². The molecule has 19 heavy (non-hydrogen) atoms. The van der Waals surface area contributed by atoms with E-state index in [0.717, 1.165) is 15.9 Å². The van der Waals surface area contributed by atoms with Crippen LogP contribution in [0.5, 0.6) is 0 Å². The number of nitrogens with one attached hydrogen (secondary N) is 1. The van der Waals surface area contributed by atoms with E-state index in [9.17, 15) is 0 Å². The Kier molecular flexibility index (Phi) is 4.99. The highest BCUT2D eigenvalue weighted by Crippen LogP contribution is 2.22. The standard InChI is InChI=1S/C14H16BrN3S/c1-10-3-2-4-11(9-10)18-14(16)17-8-7-12-5-6-13(15)19-12/h2-6,9H,7-8H2,1H3,(H3,16,17,18). The Balaban J connectivity index is 1.85. The van der Waals surface area contributed by atoms with Crippen LogP contribution in [0.4, 0.5) is 5.69 Å². The topological polar surface area (TPSA) is 50.4 Å². The molecule has 3 nitrogen and oxygen atoms in total. The first-order valence-corrected chi connectivity index (χ1v) is 7.62. The largest absolute Gasteiger partial charge is 0.370 e. The van der Waals surface area contributed by atoms with Crippen LogP contribution in [0.2, 0.25) is 0 Å². The zero-order chi connectivity index (χ0) is 13.7. The molecule has 0 unspecified atom stereocenters. The van der Waals surface area contributed by atoms with E-state index in [2.05, 4.69) is 38.4 Å². The van der Waals surface area contributed by atoms with Crippen molar-refractivity contribution in [3.63, 3.8) is 0 Å². The van der Waals surface area contributed by atoms with Crippen LogP contribution in [0.15, 0.2) is 45.2 Å². The van der Waals surface area contributed by atoms with Crippen LogP contribution in [-0.4, -0.2) is 12.5 Å². The molecule has 0 saturated carbocycles. The first kappa shape index (κ1) is 14.1. The third kappa shape index (κ3) is 4.69. The van der Waals surface area contributed by atoms with Crippen molar-refractivity contribution in [2.24, 2.45) is 10.7 Å². The van der Waals surface area contributed by atoms with Gasteiger partial charge in [-0.15, -0.1) is 11.3 Å². The van der Waals surface area contributed by atoms with E-state index in [-0.39, 0.29) is 0 Å². The number of thiophene rings is 1. The Bertz CT molecular complexity index is 578. The second-order valence-corrected chi connectivity index (χ2v) is 6.76. The predicted octanol–water partition coefficient (Wildman–Crippen LogP) is 3.79. The van der Waals surface area contributed by atoms with E-state index in [1.165, 1.54) is 10.4 Å². The SMILES string of the molecule is Cc1cccc(NC(N)=NCCc2ccc(Br)s2)c1. The van der Waals surface area contributed by atoms with Gasteiger partial charge in [-0.25, -0.2) is 0 Å². The van der Waals surface area contributed by atoms with Crippen LogP contribution in [0.25, 0.3) is 0 Å². The lowest BCUT2D eigenvalue weighted by atomic mass is 10.2. The van der Waals surface area contributed by atoms with E-state index in [0.29, 0.717) is 12.5 Å². The summed E-state index contributed by atoms with van der Waals surface area (Å²) < 4.78 is 1.15. The third-order valence-electron chi connectivity index (χ3n) is 2.56. The summed E-state index contributed by atoms with van der Waals surface area (Å²) in [5.74, 6) is 0.459. The summed E-state index contributed by atoms with van der Waals surface area (Å²) in [5.41, 5.74) is 8.03. The van der Waals surface area contributed by atoms with Crippen molar-refractivity contribution >= 4 is 38.9 Å². The molecule has 0 aliphatic carbocycles. The highest BCUT2D eigenvalue weighted by molar-refractivity contribution is 9.11. The maximum Gasteiger partial charge on any atom is 0.193 e. The van der Waals surface area contributed by atoms with Gasteiger partial charge < -0.3 is 11.1 Å². The summed E-state index contributed by atoms with van der Waals surface area (Å²) >= 11 is 5.18. The molecule has 0 fully saturated rings. The minimum atomic E-state index is 0.459. The van der Waals surface area contributed by atoms with Crippen LogP contribution in [0.1, 0.15) is 10.4 Å². The quantitative estimate of drug-likeness (QED) is 0.658. The Labute approximate surface area is 125 Å². The highest BCUT2D eigenvalue weighted by atomic mass is 79.9. The lowest BCUT2D eigenvalue weighted by Crippen LogP contribution is -2.23. The molecule has 2 aromatic rings. The molecular weight excluding hydrogens is 322 g/mol. The summed E-state index contributed by atoms with van der Waals surface area (Å²) in [7, 11) is 0. The maximum atomic E-state index is 5.86. The average molecular weight is 338 g/mol. The third-order valence-corrected chi connectivity index (χ3v) is 4.24. The molecule has 100 valence electrons. The number of guanidine groups is 1. The minimum absolute atomic E-state index is 0.459. The highest BCUT2D eigenvalue weighted by Gasteiger charge is 1.98. The fourth-order valence-electron chi connectivity index (χ4n) is 1.68. The Hall–Kier alpha value is -1.33. The van der Waals surface area contributed by atoms with Crippen molar-refractivity contribution in [3.8, 4) is 0 Å². The van der Waals surface area contributed by atoms with Gasteiger partial charge in [0.1, 0.15) is 0 Å². The van der Waals surface area contributed by atoms with E-state index < -0.39 is 0 Å². The molecule has 0 aliphatic heterocycles. The molecule has 0 bridgehead atoms. The Morgan fingerprint density at radius 3 is 2.89 bits per heavy atom. The number of rotatable bonds is 4. The zero-order valence-corrected chi connectivity index (χ0v) is 13.1. The zero-order valence-electron chi connectivity index (χ0n) is 10.7. The molecule has 0 spiro atoms. The van der Waals surface area contributed by atoms with Crippen molar-refractivity contribution in [3.05, 3.63) is 50.6 Å². The van der Waals surface area contributed by atoms with Crippen molar-refractivity contribution in [2.45, 2.75) is 13.3 Å². The van der Waals surface area contributed by atoms with Gasteiger partial charge in [-0.05, 0) is 52.7 Å². The van der Waals surface area contributed by atoms with Crippen LogP contribution in [-0.2, 0) is 6.42 Å². The first-order chi connectivity index (χ1) is 9.13. The molecule has 1 aromatic carbocycles. The van der Waals surface area contributed by atoms with E-state index in [1.54, 1.807) is 11.3 Å². The molecule has 0 amide bonds. The molecule has 1 heterocycles. The van der Waals surface area contributed by atoms with Crippen molar-refractivity contribution in [1.82, 2.24) is 0 Å². The maximum absolute atomic E-state index is 5.86. The van der Waals surface area contributed by atoms with Gasteiger partial charge in [0.25, 0.3) is 0 Å². The van der Waals surface area contributed by atoms with Crippen molar-refractivity contribution in [2.75, 3.05) is 11.9 Å². The number of benzene rings is 1. The second kappa shape index (κ2) is 6.73. The van der Waals surface area contributed by atoms with Gasteiger partial charge in [-0.3, -0.25) is 4.99 Å². The molecule has 3 N–H and O–H groups in total. The molecular formula is C14H16BrN3S. The minimum Gasteiger partial charge on any atom is -0.370 e. The van der Waals surface area contributed by atoms with Crippen molar-refractivity contribution in [1.29, 1.82) is 0 Å². The number of nitrogens with two attached hydrogens (primary N) is 1. The van der Waals surface area contributed by atoms with Gasteiger partial charge in [-0.1, -0.05) is 12.1 Å². The number of hydrogen-bond donors (Lipinski definition) is 2. The Morgan fingerprint density at radius 2 is 2.21 bits per heavy atom. The predicted molar refractivity (Wildman–Crippen MR) is 87.0 cm³/mol. The second-order valence-electron chi connectivity index (χ2n) is 4.22. The van der Waals surface area contributed by atoms with Crippen LogP contribution < -0.4 is 11.1 Å². The van der Waals surface area contributed by atoms with Gasteiger partial charge >= 0.3 is 0 Å². The number of aliphatic imine (C=N–C) groups is 1. The Morgan fingerprint density at radius 1 is 1.37 bits per heavy atom. The van der Waals surface area contributed by atoms with Gasteiger partial charge in [0.2, 0.25) is 0 Å². The fraction of sp³-hybridized carbons (Fsp3) is 0.214. The van der Waals surface area contributed by atoms with Gasteiger partial charge in [0.05, 0.1) is 3.79 Å². The van der Waals surface area contributed by atoms with Gasteiger partial charge in [0, 0.05) is 23.5 Å². The van der Waals surface area contributed by atoms with Gasteiger partial charge in [-0.2, -0.15) is 0 Å². The number of hydrogen-bond acceptors (Lipinski definition) is 2. The van der Waals surface area contributed by atoms with E-state index in [4.69, 9.17) is 5.73 Å². The van der Waals surface area contributed by atoms with E-state index >= 15 is 0 Å². The smallest absolute Gasteiger partial charge is 0.193 e. The lowest BCUT2D eigenvalue weighted by molar-refractivity contribution is 0.983. The lowest BCUT2D eigenvalue weighted by Gasteiger charge is -2.06. The summed E-state index contributed by atoms with van der Waals surface area (Å²) in [6.07, 6.45) is 0.909. The summed E-state index contributed by atoms with van der Waals surface area (Å²) in [5, 5.41) is 3.10. The number of anilines is 1. The molecule has 5 heteroatoms. The summed E-state index contributed by atoms with van der Waals surface area (Å²) in [6, 6.07) is 12.2. The number of aryl methyl sites for hydroxylation is 1. The summed E-state index contributed by atoms with van der Waals surface area (Å²) in [6.45, 7) is 2.74. The molecule has 0 atom stereocenters. The van der Waals surface area contributed by atoms with E-state index in [1.807, 2.05) is 31.2 Å². The van der Waals surface area contributed by atoms with Crippen LogP contribution in [0.3, 0.4) is 0 Å². The molecule has 0 radical (unpaired) electrons. The average Bonchev–Trinajstić information content (AvgIpc) is 2.75. The molecule has 2 rings (SSSR count). The molecule has 1 aromatic heterocycles. The monoisotopic (exact) mass is 337 g/mol. The molecule has 0 saturated heterocycles. The van der Waals surface area contributed by atoms with Gasteiger partial charge in [0.15, 0.2) is 5.96 Å². The summed E-state index contributed by atoms with van der Waals surface area (Å²) in [4.78, 5) is 5.63. The number of nitrogens with zero attached hydrogens (tertiary/aromatic N) is 1.